The standard InChI is InChI=1S/C36H36F2O8/c37-35(38)36(41)33(45-30(34(39)40)28-19-11-4-12-20-28)32(44-23-27-17-9-3-10-18-27)31(43-22-26-15-7-2-8-16-26)29(46-36)24-42-21-25-13-5-1-6-14-25/h1-20,29-33,35,41H,21-24H2,(H,39,40)/t29-,30?,31+,32+,33-,36-/m1/s1. The zero-order valence-corrected chi connectivity index (χ0v) is 24.9. The molecule has 8 nitrogen and oxygen atoms in total. The predicted molar refractivity (Wildman–Crippen MR) is 164 cm³/mol. The smallest absolute Gasteiger partial charge is 0.337 e. The van der Waals surface area contributed by atoms with Crippen molar-refractivity contribution < 1.29 is 47.5 Å². The number of carboxylic acids is 1. The molecular formula is C36H36F2O8. The van der Waals surface area contributed by atoms with Crippen LogP contribution in [0, 0.1) is 0 Å². The number of ether oxygens (including phenoxy) is 5. The number of rotatable bonds is 15. The van der Waals surface area contributed by atoms with Crippen LogP contribution in [-0.4, -0.2) is 59.4 Å². The molecule has 10 heteroatoms. The van der Waals surface area contributed by atoms with Gasteiger partial charge in [0.1, 0.15) is 24.4 Å². The van der Waals surface area contributed by atoms with Gasteiger partial charge in [-0.15, -0.1) is 0 Å². The second-order valence-corrected chi connectivity index (χ2v) is 10.9. The molecule has 0 aliphatic carbocycles. The van der Waals surface area contributed by atoms with Gasteiger partial charge in [-0.1, -0.05) is 121 Å². The largest absolute Gasteiger partial charge is 0.479 e. The van der Waals surface area contributed by atoms with E-state index in [0.717, 1.165) is 11.1 Å². The summed E-state index contributed by atoms with van der Waals surface area (Å²) in [5.41, 5.74) is 2.52. The fourth-order valence-electron chi connectivity index (χ4n) is 5.31. The first-order valence-corrected chi connectivity index (χ1v) is 14.9. The highest BCUT2D eigenvalue weighted by Crippen LogP contribution is 2.40. The fraction of sp³-hybridized carbons (Fsp3) is 0.306. The van der Waals surface area contributed by atoms with Gasteiger partial charge in [-0.05, 0) is 22.3 Å². The summed E-state index contributed by atoms with van der Waals surface area (Å²) in [6.07, 6.45) is -11.1. The molecule has 1 aliphatic heterocycles. The molecule has 0 radical (unpaired) electrons. The Kier molecular flexibility index (Phi) is 11.6. The first-order chi connectivity index (χ1) is 22.3. The summed E-state index contributed by atoms with van der Waals surface area (Å²) in [7, 11) is 0. The SMILES string of the molecule is O=C(O)C(O[C@@H]1[C@@H](OCc2ccccc2)[C@@H](OCc2ccccc2)[C@@H](COCc2ccccc2)O[C@@]1(O)C(F)F)c1ccccc1. The van der Waals surface area contributed by atoms with Gasteiger partial charge in [-0.3, -0.25) is 0 Å². The first kappa shape index (κ1) is 33.3. The summed E-state index contributed by atoms with van der Waals surface area (Å²) in [6.45, 7) is -0.140. The lowest BCUT2D eigenvalue weighted by molar-refractivity contribution is -0.401. The molecule has 0 bridgehead atoms. The van der Waals surface area contributed by atoms with Crippen LogP contribution in [0.2, 0.25) is 0 Å². The molecule has 1 fully saturated rings. The first-order valence-electron chi connectivity index (χ1n) is 14.9. The number of hydrogen-bond donors (Lipinski definition) is 2. The van der Waals surface area contributed by atoms with Crippen LogP contribution in [0.4, 0.5) is 8.78 Å². The van der Waals surface area contributed by atoms with E-state index >= 15 is 0 Å². The lowest BCUT2D eigenvalue weighted by atomic mass is 9.91. The van der Waals surface area contributed by atoms with Gasteiger partial charge >= 0.3 is 5.97 Å². The van der Waals surface area contributed by atoms with Gasteiger partial charge < -0.3 is 33.9 Å². The number of aliphatic carboxylic acids is 1. The van der Waals surface area contributed by atoms with Gasteiger partial charge in [0.2, 0.25) is 0 Å². The maximum atomic E-state index is 14.9. The molecule has 4 aromatic carbocycles. The minimum Gasteiger partial charge on any atom is -0.479 e. The summed E-state index contributed by atoms with van der Waals surface area (Å²) < 4.78 is 60.0. The third-order valence-corrected chi connectivity index (χ3v) is 7.62. The summed E-state index contributed by atoms with van der Waals surface area (Å²) >= 11 is 0. The van der Waals surface area contributed by atoms with Crippen LogP contribution in [0.3, 0.4) is 0 Å². The summed E-state index contributed by atoms with van der Waals surface area (Å²) in [5, 5.41) is 21.7. The zero-order valence-electron chi connectivity index (χ0n) is 24.9. The van der Waals surface area contributed by atoms with E-state index in [1.54, 1.807) is 42.5 Å². The van der Waals surface area contributed by atoms with Crippen molar-refractivity contribution in [3.63, 3.8) is 0 Å². The lowest BCUT2D eigenvalue weighted by Gasteiger charge is -2.50. The van der Waals surface area contributed by atoms with Crippen molar-refractivity contribution >= 4 is 5.97 Å². The molecule has 4 aromatic rings. The van der Waals surface area contributed by atoms with E-state index < -0.39 is 48.7 Å². The second kappa shape index (κ2) is 16.0. The minimum absolute atomic E-state index is 0.0378. The Morgan fingerprint density at radius 1 is 0.717 bits per heavy atom. The molecule has 46 heavy (non-hydrogen) atoms. The highest BCUT2D eigenvalue weighted by atomic mass is 19.3. The van der Waals surface area contributed by atoms with Crippen LogP contribution in [-0.2, 0) is 48.3 Å². The van der Waals surface area contributed by atoms with E-state index in [1.807, 2.05) is 66.7 Å². The van der Waals surface area contributed by atoms with E-state index in [0.29, 0.717) is 5.56 Å². The van der Waals surface area contributed by atoms with Gasteiger partial charge in [0, 0.05) is 0 Å². The van der Waals surface area contributed by atoms with E-state index in [2.05, 4.69) is 0 Å². The van der Waals surface area contributed by atoms with Gasteiger partial charge in [-0.25, -0.2) is 13.6 Å². The van der Waals surface area contributed by atoms with Crippen molar-refractivity contribution in [1.82, 2.24) is 0 Å². The van der Waals surface area contributed by atoms with Crippen molar-refractivity contribution in [2.24, 2.45) is 0 Å². The average molecular weight is 635 g/mol. The van der Waals surface area contributed by atoms with E-state index in [1.165, 1.54) is 12.1 Å². The van der Waals surface area contributed by atoms with Crippen molar-refractivity contribution in [2.75, 3.05) is 6.61 Å². The Labute approximate surface area is 266 Å². The number of alkyl halides is 2. The summed E-state index contributed by atoms with van der Waals surface area (Å²) in [6, 6.07) is 35.3. The second-order valence-electron chi connectivity index (χ2n) is 10.9. The number of carboxylic acid groups (broad SMARTS) is 1. The van der Waals surface area contributed by atoms with Crippen LogP contribution < -0.4 is 0 Å². The van der Waals surface area contributed by atoms with Crippen LogP contribution in [0.1, 0.15) is 28.4 Å². The van der Waals surface area contributed by atoms with Gasteiger partial charge in [0.05, 0.1) is 26.4 Å². The number of halogens is 2. The van der Waals surface area contributed by atoms with Crippen LogP contribution in [0.5, 0.6) is 0 Å². The third-order valence-electron chi connectivity index (χ3n) is 7.62. The molecular weight excluding hydrogens is 598 g/mol. The molecule has 0 spiro atoms. The average Bonchev–Trinajstić information content (AvgIpc) is 3.08. The lowest BCUT2D eigenvalue weighted by Crippen LogP contribution is -2.70. The zero-order chi connectivity index (χ0) is 32.4. The number of aliphatic hydroxyl groups is 1. The molecule has 1 aliphatic rings. The highest BCUT2D eigenvalue weighted by Gasteiger charge is 2.62. The topological polar surface area (TPSA) is 104 Å². The van der Waals surface area contributed by atoms with Crippen molar-refractivity contribution in [3.05, 3.63) is 144 Å². The van der Waals surface area contributed by atoms with Crippen LogP contribution in [0.25, 0.3) is 0 Å². The summed E-state index contributed by atoms with van der Waals surface area (Å²) in [4.78, 5) is 12.4. The maximum absolute atomic E-state index is 14.9. The Bertz CT molecular complexity index is 1480. The van der Waals surface area contributed by atoms with Gasteiger partial charge in [0.15, 0.2) is 6.10 Å². The van der Waals surface area contributed by atoms with Crippen molar-refractivity contribution in [3.8, 4) is 0 Å². The van der Waals surface area contributed by atoms with Crippen molar-refractivity contribution in [1.29, 1.82) is 0 Å². The summed E-state index contributed by atoms with van der Waals surface area (Å²) in [5.74, 6) is -4.73. The molecule has 1 saturated heterocycles. The Hall–Kier alpha value is -4.03. The monoisotopic (exact) mass is 634 g/mol. The molecule has 0 amide bonds. The maximum Gasteiger partial charge on any atom is 0.337 e. The Balaban J connectivity index is 1.51. The van der Waals surface area contributed by atoms with E-state index in [9.17, 15) is 23.8 Å². The molecule has 1 unspecified atom stereocenters. The molecule has 5 rings (SSSR count). The Morgan fingerprint density at radius 2 is 1.17 bits per heavy atom. The Morgan fingerprint density at radius 3 is 1.65 bits per heavy atom. The number of benzene rings is 4. The third kappa shape index (κ3) is 8.41. The van der Waals surface area contributed by atoms with Crippen LogP contribution in [0.15, 0.2) is 121 Å². The quantitative estimate of drug-likeness (QED) is 0.166. The molecule has 1 heterocycles. The molecule has 6 atom stereocenters. The fourth-order valence-corrected chi connectivity index (χ4v) is 5.31. The molecule has 2 N–H and O–H groups in total. The van der Waals surface area contributed by atoms with Crippen LogP contribution >= 0.6 is 0 Å². The highest BCUT2D eigenvalue weighted by molar-refractivity contribution is 5.74. The number of hydrogen-bond acceptors (Lipinski definition) is 7. The normalized spacial score (nSPS) is 23.7. The minimum atomic E-state index is -3.52. The molecule has 242 valence electrons. The van der Waals surface area contributed by atoms with Gasteiger partial charge in [-0.2, -0.15) is 0 Å². The molecule has 0 aromatic heterocycles. The van der Waals surface area contributed by atoms with Crippen molar-refractivity contribution in [2.45, 2.75) is 62.6 Å². The number of carbonyl (C=O) groups is 1. The van der Waals surface area contributed by atoms with E-state index in [4.69, 9.17) is 23.7 Å². The van der Waals surface area contributed by atoms with Gasteiger partial charge in [0.25, 0.3) is 12.2 Å². The van der Waals surface area contributed by atoms with E-state index in [-0.39, 0.29) is 32.0 Å². The predicted octanol–water partition coefficient (Wildman–Crippen LogP) is 5.94. The molecule has 0 saturated carbocycles.